The van der Waals surface area contributed by atoms with Crippen LogP contribution in [0.1, 0.15) is 63.7 Å². The summed E-state index contributed by atoms with van der Waals surface area (Å²) in [6, 6.07) is 27.4. The molecule has 0 spiro atoms. The molecule has 0 aromatic heterocycles. The highest BCUT2D eigenvalue weighted by Crippen LogP contribution is 2.43. The van der Waals surface area contributed by atoms with E-state index in [2.05, 4.69) is 22.2 Å². The Morgan fingerprint density at radius 2 is 1.38 bits per heavy atom. The summed E-state index contributed by atoms with van der Waals surface area (Å²) in [5.41, 5.74) is 6.97. The number of benzene rings is 4. The summed E-state index contributed by atoms with van der Waals surface area (Å²) in [5.74, 6) is 1.71. The van der Waals surface area contributed by atoms with Crippen LogP contribution in [0.25, 0.3) is 11.1 Å². The Balaban J connectivity index is 1.61. The Morgan fingerprint density at radius 1 is 0.812 bits per heavy atom. The third-order valence-corrected chi connectivity index (χ3v) is 8.41. The molecule has 0 unspecified atom stereocenters. The second-order valence-electron chi connectivity index (χ2n) is 11.6. The smallest absolute Gasteiger partial charge is 0.337 e. The van der Waals surface area contributed by atoms with E-state index >= 15 is 0 Å². The van der Waals surface area contributed by atoms with E-state index < -0.39 is 18.0 Å². The minimum absolute atomic E-state index is 0.151. The quantitative estimate of drug-likeness (QED) is 0.167. The third-order valence-electron chi connectivity index (χ3n) is 8.41. The highest BCUT2D eigenvalue weighted by atomic mass is 16.5. The number of hydrogen-bond donors (Lipinski definition) is 1. The first-order valence-electron chi connectivity index (χ1n) is 15.5. The molecule has 0 aliphatic carbocycles. The molecule has 1 aliphatic rings. The zero-order valence-corrected chi connectivity index (χ0v) is 27.4. The van der Waals surface area contributed by atoms with Crippen LogP contribution in [-0.4, -0.2) is 48.9 Å². The number of rotatable bonds is 9. The van der Waals surface area contributed by atoms with Crippen LogP contribution in [0.3, 0.4) is 0 Å². The van der Waals surface area contributed by atoms with Crippen molar-refractivity contribution in [2.24, 2.45) is 0 Å². The molecule has 0 bridgehead atoms. The maximum Gasteiger partial charge on any atom is 0.337 e. The normalized spacial score (nSPS) is 15.2. The van der Waals surface area contributed by atoms with Gasteiger partial charge < -0.3 is 14.8 Å². The Kier molecular flexibility index (Phi) is 10.4. The van der Waals surface area contributed by atoms with Crippen molar-refractivity contribution in [1.29, 1.82) is 0 Å². The van der Waals surface area contributed by atoms with Crippen LogP contribution in [0.4, 0.5) is 11.4 Å². The van der Waals surface area contributed by atoms with Crippen LogP contribution < -0.4 is 10.2 Å². The molecule has 0 fully saturated rings. The largest absolute Gasteiger partial charge is 0.465 e. The predicted octanol–water partition coefficient (Wildman–Crippen LogP) is 6.39. The van der Waals surface area contributed by atoms with Crippen molar-refractivity contribution in [1.82, 2.24) is 4.90 Å². The number of hydrogen-bond acceptors (Lipinski definition) is 7. The van der Waals surface area contributed by atoms with Gasteiger partial charge >= 0.3 is 11.9 Å². The summed E-state index contributed by atoms with van der Waals surface area (Å²) in [7, 11) is 2.70. The lowest BCUT2D eigenvalue weighted by Gasteiger charge is -2.43. The van der Waals surface area contributed by atoms with Crippen molar-refractivity contribution in [3.05, 3.63) is 119 Å². The van der Waals surface area contributed by atoms with Gasteiger partial charge in [0.2, 0.25) is 11.8 Å². The highest BCUT2D eigenvalue weighted by Gasteiger charge is 2.37. The summed E-state index contributed by atoms with van der Waals surface area (Å²) in [4.78, 5) is 53.0. The summed E-state index contributed by atoms with van der Waals surface area (Å²) < 4.78 is 9.76. The molecule has 2 amide bonds. The van der Waals surface area contributed by atoms with Gasteiger partial charge in [-0.3, -0.25) is 19.4 Å². The minimum atomic E-state index is -0.486. The summed E-state index contributed by atoms with van der Waals surface area (Å²) >= 11 is 0. The van der Waals surface area contributed by atoms with Crippen LogP contribution >= 0.6 is 0 Å². The molecule has 4 aromatic rings. The molecular weight excluding hydrogens is 606 g/mol. The zero-order valence-electron chi connectivity index (χ0n) is 27.4. The van der Waals surface area contributed by atoms with E-state index in [0.717, 1.165) is 33.5 Å². The van der Waals surface area contributed by atoms with Gasteiger partial charge in [-0.25, -0.2) is 9.59 Å². The Labute approximate surface area is 280 Å². The Hall–Kier alpha value is -5.72. The fourth-order valence-electron chi connectivity index (χ4n) is 6.16. The predicted molar refractivity (Wildman–Crippen MR) is 184 cm³/mol. The molecule has 0 saturated heterocycles. The lowest BCUT2D eigenvalue weighted by molar-refractivity contribution is -0.117. The summed E-state index contributed by atoms with van der Waals surface area (Å²) in [6.07, 6.45) is 6.54. The highest BCUT2D eigenvalue weighted by molar-refractivity contribution is 5.95. The van der Waals surface area contributed by atoms with Crippen molar-refractivity contribution in [3.8, 4) is 23.5 Å². The van der Waals surface area contributed by atoms with Crippen LogP contribution in [0.5, 0.6) is 0 Å². The number of carbonyl (C=O) groups excluding carboxylic acids is 4. The molecule has 2 atom stereocenters. The topological polar surface area (TPSA) is 105 Å². The monoisotopic (exact) mass is 643 g/mol. The van der Waals surface area contributed by atoms with Gasteiger partial charge in [-0.05, 0) is 82.8 Å². The van der Waals surface area contributed by atoms with Crippen LogP contribution in [0.15, 0.2) is 91.0 Å². The van der Waals surface area contributed by atoms with Crippen molar-refractivity contribution < 1.29 is 28.7 Å². The van der Waals surface area contributed by atoms with Crippen LogP contribution in [0, 0.1) is 12.3 Å². The molecular formula is C39H37N3O6. The molecule has 0 radical (unpaired) electrons. The van der Waals surface area contributed by atoms with Crippen molar-refractivity contribution in [2.45, 2.75) is 45.4 Å². The fraction of sp³-hybridized carbons (Fsp3) is 0.231. The van der Waals surface area contributed by atoms with Crippen molar-refractivity contribution >= 4 is 35.1 Å². The van der Waals surface area contributed by atoms with E-state index in [9.17, 15) is 19.2 Å². The van der Waals surface area contributed by atoms with Gasteiger partial charge in [0.05, 0.1) is 31.4 Å². The first-order valence-corrected chi connectivity index (χ1v) is 15.5. The number of anilines is 2. The molecule has 9 heteroatoms. The average Bonchev–Trinajstić information content (AvgIpc) is 3.10. The molecule has 1 N–H and O–H groups in total. The van der Waals surface area contributed by atoms with E-state index in [4.69, 9.17) is 15.9 Å². The molecule has 0 saturated carbocycles. The van der Waals surface area contributed by atoms with Gasteiger partial charge in [-0.2, -0.15) is 0 Å². The second kappa shape index (κ2) is 14.8. The molecule has 4 aromatic carbocycles. The fourth-order valence-corrected chi connectivity index (χ4v) is 6.16. The molecule has 48 heavy (non-hydrogen) atoms. The van der Waals surface area contributed by atoms with Gasteiger partial charge in [-0.15, -0.1) is 6.42 Å². The van der Waals surface area contributed by atoms with Gasteiger partial charge in [-0.1, -0.05) is 48.4 Å². The van der Waals surface area contributed by atoms with E-state index in [0.29, 0.717) is 36.3 Å². The van der Waals surface area contributed by atoms with E-state index in [1.165, 1.54) is 28.1 Å². The molecule has 244 valence electrons. The van der Waals surface area contributed by atoms with Gasteiger partial charge in [0.15, 0.2) is 0 Å². The second-order valence-corrected chi connectivity index (χ2v) is 11.6. The number of ether oxygens (including phenoxy) is 2. The number of methoxy groups -OCH3 is 2. The maximum absolute atomic E-state index is 13.0. The number of nitrogens with one attached hydrogen (secondary N) is 1. The first kappa shape index (κ1) is 33.6. The number of carbonyl (C=O) groups is 4. The minimum Gasteiger partial charge on any atom is -0.465 e. The van der Waals surface area contributed by atoms with E-state index in [1.807, 2.05) is 60.7 Å². The molecule has 1 aliphatic heterocycles. The lowest BCUT2D eigenvalue weighted by Crippen LogP contribution is -2.46. The van der Waals surface area contributed by atoms with Gasteiger partial charge in [0.25, 0.3) is 0 Å². The summed E-state index contributed by atoms with van der Waals surface area (Å²) in [5, 5.41) is 2.84. The van der Waals surface area contributed by atoms with Gasteiger partial charge in [0, 0.05) is 44.4 Å². The lowest BCUT2D eigenvalue weighted by atomic mass is 9.87. The van der Waals surface area contributed by atoms with E-state index in [-0.39, 0.29) is 17.9 Å². The molecule has 9 nitrogen and oxygen atoms in total. The number of nitrogens with zero attached hydrogens (tertiary/aromatic N) is 2. The van der Waals surface area contributed by atoms with Crippen LogP contribution in [-0.2, 0) is 32.2 Å². The number of amides is 2. The Bertz CT molecular complexity index is 1820. The molecule has 5 rings (SSSR count). The van der Waals surface area contributed by atoms with E-state index in [1.54, 1.807) is 29.2 Å². The molecule has 1 heterocycles. The zero-order chi connectivity index (χ0) is 34.4. The third kappa shape index (κ3) is 7.46. The SMILES string of the molecule is C#C[C@H]1C[C@@H](N(Cc2ccc(C(=O)OC)cc2)Cc2ccc(C(=O)OC)cc2)c2cc(-c3cccc(NC(C)=O)c3)ccc2N1C(C)=O. The number of fused-ring (bicyclic) bond motifs is 1. The maximum atomic E-state index is 13.0. The van der Waals surface area contributed by atoms with Crippen molar-refractivity contribution in [3.63, 3.8) is 0 Å². The van der Waals surface area contributed by atoms with Crippen molar-refractivity contribution in [2.75, 3.05) is 24.4 Å². The van der Waals surface area contributed by atoms with Crippen LogP contribution in [0.2, 0.25) is 0 Å². The Morgan fingerprint density at radius 3 is 1.88 bits per heavy atom. The average molecular weight is 644 g/mol. The first-order chi connectivity index (χ1) is 23.1. The number of terminal acetylenes is 1. The standard InChI is InChI=1S/C39H37N3O6/c1-6-34-22-37(35-21-32(18-19-36(35)42(34)26(3)44)31-8-7-9-33(20-31)40-25(2)43)41(23-27-10-14-29(15-11-27)38(45)47-4)24-28-12-16-30(17-13-28)39(46)48-5/h1,7-21,34,37H,22-24H2,2-5H3,(H,40,43)/t34-,37+/m0/s1. The number of esters is 2. The van der Waals surface area contributed by atoms with Gasteiger partial charge in [0.1, 0.15) is 0 Å². The summed E-state index contributed by atoms with van der Waals surface area (Å²) in [6.45, 7) is 3.96.